The van der Waals surface area contributed by atoms with Gasteiger partial charge in [-0.3, -0.25) is 0 Å². The molecule has 1 N–H and O–H groups in total. The van der Waals surface area contributed by atoms with Gasteiger partial charge in [0.25, 0.3) is 0 Å². The van der Waals surface area contributed by atoms with Crippen LogP contribution in [0.15, 0.2) is 40.8 Å². The minimum atomic E-state index is 0.328. The number of aryl methyl sites for hydroxylation is 1. The number of thioether (sulfide) groups is 1. The van der Waals surface area contributed by atoms with Crippen LogP contribution < -0.4 is 5.32 Å². The maximum atomic E-state index is 5.75. The molecule has 1 atom stereocenters. The van der Waals surface area contributed by atoms with E-state index in [0.29, 0.717) is 6.04 Å². The topological polar surface area (TPSA) is 25.2 Å². The Balaban J connectivity index is 1.88. The molecular formula is C16H21NOS. The van der Waals surface area contributed by atoms with Crippen molar-refractivity contribution >= 4 is 11.8 Å². The van der Waals surface area contributed by atoms with Crippen LogP contribution in [0.5, 0.6) is 0 Å². The summed E-state index contributed by atoms with van der Waals surface area (Å²) in [6, 6.07) is 13.1. The highest BCUT2D eigenvalue weighted by Crippen LogP contribution is 2.16. The van der Waals surface area contributed by atoms with E-state index in [1.807, 2.05) is 0 Å². The largest absolute Gasteiger partial charge is 0.464 e. The van der Waals surface area contributed by atoms with Crippen LogP contribution in [-0.2, 0) is 12.3 Å². The fourth-order valence-electron chi connectivity index (χ4n) is 1.96. The zero-order valence-electron chi connectivity index (χ0n) is 11.8. The van der Waals surface area contributed by atoms with Gasteiger partial charge in [0.15, 0.2) is 0 Å². The first-order valence-corrected chi connectivity index (χ1v) is 7.95. The average molecular weight is 275 g/mol. The maximum absolute atomic E-state index is 5.75. The number of rotatable bonds is 6. The van der Waals surface area contributed by atoms with Crippen LogP contribution in [0.2, 0.25) is 0 Å². The Kier molecular flexibility index (Phi) is 5.11. The molecule has 0 amide bonds. The number of hydrogen-bond acceptors (Lipinski definition) is 3. The van der Waals surface area contributed by atoms with Gasteiger partial charge in [-0.2, -0.15) is 11.8 Å². The van der Waals surface area contributed by atoms with E-state index in [9.17, 15) is 0 Å². The van der Waals surface area contributed by atoms with Crippen molar-refractivity contribution < 1.29 is 4.42 Å². The molecule has 0 radical (unpaired) electrons. The first kappa shape index (κ1) is 14.2. The van der Waals surface area contributed by atoms with Crippen molar-refractivity contribution in [1.82, 2.24) is 5.32 Å². The molecule has 1 aromatic heterocycles. The molecule has 102 valence electrons. The van der Waals surface area contributed by atoms with Crippen LogP contribution in [0.25, 0.3) is 0 Å². The van der Waals surface area contributed by atoms with Gasteiger partial charge < -0.3 is 9.73 Å². The van der Waals surface area contributed by atoms with Crippen molar-refractivity contribution in [3.63, 3.8) is 0 Å². The van der Waals surface area contributed by atoms with Crippen LogP contribution in [0, 0.1) is 6.92 Å². The van der Waals surface area contributed by atoms with Gasteiger partial charge in [-0.25, -0.2) is 0 Å². The molecule has 0 fully saturated rings. The summed E-state index contributed by atoms with van der Waals surface area (Å²) < 4.78 is 5.75. The number of hydrogen-bond donors (Lipinski definition) is 1. The molecular weight excluding hydrogens is 254 g/mol. The van der Waals surface area contributed by atoms with Gasteiger partial charge in [0.1, 0.15) is 11.5 Å². The second kappa shape index (κ2) is 6.83. The first-order valence-electron chi connectivity index (χ1n) is 6.55. The van der Waals surface area contributed by atoms with Crippen LogP contribution in [-0.4, -0.2) is 6.26 Å². The smallest absolute Gasteiger partial charge is 0.118 e. The van der Waals surface area contributed by atoms with Gasteiger partial charge in [0.05, 0.1) is 12.3 Å². The highest BCUT2D eigenvalue weighted by molar-refractivity contribution is 7.97. The SMILES string of the molecule is CSCc1ccc(CNC(C)c2ccc(C)cc2)o1. The van der Waals surface area contributed by atoms with Crippen molar-refractivity contribution in [2.24, 2.45) is 0 Å². The van der Waals surface area contributed by atoms with Gasteiger partial charge in [-0.05, 0) is 37.8 Å². The van der Waals surface area contributed by atoms with Gasteiger partial charge >= 0.3 is 0 Å². The van der Waals surface area contributed by atoms with Crippen LogP contribution >= 0.6 is 11.8 Å². The molecule has 1 unspecified atom stereocenters. The predicted molar refractivity (Wildman–Crippen MR) is 82.4 cm³/mol. The number of benzene rings is 1. The van der Waals surface area contributed by atoms with E-state index in [-0.39, 0.29) is 0 Å². The summed E-state index contributed by atoms with van der Waals surface area (Å²) >= 11 is 1.78. The molecule has 2 aromatic rings. The van der Waals surface area contributed by atoms with E-state index in [4.69, 9.17) is 4.42 Å². The van der Waals surface area contributed by atoms with E-state index in [1.165, 1.54) is 11.1 Å². The Morgan fingerprint density at radius 3 is 2.47 bits per heavy atom. The standard InChI is InChI=1S/C16H21NOS/c1-12-4-6-14(7-5-12)13(2)17-10-15-8-9-16(18-15)11-19-3/h4-9,13,17H,10-11H2,1-3H3. The van der Waals surface area contributed by atoms with E-state index in [1.54, 1.807) is 11.8 Å². The molecule has 1 aromatic carbocycles. The second-order valence-electron chi connectivity index (χ2n) is 4.81. The first-order chi connectivity index (χ1) is 9.19. The number of nitrogens with one attached hydrogen (secondary N) is 1. The van der Waals surface area contributed by atoms with Crippen molar-refractivity contribution in [1.29, 1.82) is 0 Å². The summed E-state index contributed by atoms with van der Waals surface area (Å²) in [5, 5.41) is 3.49. The van der Waals surface area contributed by atoms with Crippen molar-refractivity contribution in [3.05, 3.63) is 59.0 Å². The van der Waals surface area contributed by atoms with Crippen LogP contribution in [0.3, 0.4) is 0 Å². The Labute approximate surface area is 119 Å². The molecule has 0 saturated heterocycles. The molecule has 19 heavy (non-hydrogen) atoms. The molecule has 0 bridgehead atoms. The highest BCUT2D eigenvalue weighted by Gasteiger charge is 2.06. The third kappa shape index (κ3) is 4.15. The van der Waals surface area contributed by atoms with E-state index in [2.05, 4.69) is 61.8 Å². The van der Waals surface area contributed by atoms with Gasteiger partial charge in [-0.1, -0.05) is 29.8 Å². The lowest BCUT2D eigenvalue weighted by atomic mass is 10.1. The van der Waals surface area contributed by atoms with Gasteiger partial charge in [-0.15, -0.1) is 0 Å². The molecule has 0 spiro atoms. The molecule has 1 heterocycles. The number of furan rings is 1. The molecule has 0 saturated carbocycles. The van der Waals surface area contributed by atoms with E-state index in [0.717, 1.165) is 23.8 Å². The lowest BCUT2D eigenvalue weighted by molar-refractivity contribution is 0.442. The van der Waals surface area contributed by atoms with E-state index < -0.39 is 0 Å². The molecule has 0 aliphatic carbocycles. The zero-order valence-corrected chi connectivity index (χ0v) is 12.6. The predicted octanol–water partition coefficient (Wildman–Crippen LogP) is 4.30. The molecule has 0 aliphatic heterocycles. The quantitative estimate of drug-likeness (QED) is 0.851. The molecule has 3 heteroatoms. The average Bonchev–Trinajstić information content (AvgIpc) is 2.85. The molecule has 2 nitrogen and oxygen atoms in total. The van der Waals surface area contributed by atoms with Gasteiger partial charge in [0.2, 0.25) is 0 Å². The Bertz CT molecular complexity index is 504. The van der Waals surface area contributed by atoms with Gasteiger partial charge in [0, 0.05) is 6.04 Å². The van der Waals surface area contributed by atoms with Crippen LogP contribution in [0.4, 0.5) is 0 Å². The monoisotopic (exact) mass is 275 g/mol. The maximum Gasteiger partial charge on any atom is 0.118 e. The summed E-state index contributed by atoms with van der Waals surface area (Å²) in [6.07, 6.45) is 2.08. The Morgan fingerprint density at radius 2 is 1.79 bits per heavy atom. The Hall–Kier alpha value is -1.19. The summed E-state index contributed by atoms with van der Waals surface area (Å²) in [5.41, 5.74) is 2.60. The summed E-state index contributed by atoms with van der Waals surface area (Å²) in [6.45, 7) is 5.05. The third-order valence-corrected chi connectivity index (χ3v) is 3.74. The van der Waals surface area contributed by atoms with Crippen LogP contribution in [0.1, 0.15) is 35.6 Å². The van der Waals surface area contributed by atoms with Crippen molar-refractivity contribution in [2.45, 2.75) is 32.2 Å². The summed E-state index contributed by atoms with van der Waals surface area (Å²) in [7, 11) is 0. The normalized spacial score (nSPS) is 12.6. The Morgan fingerprint density at radius 1 is 1.11 bits per heavy atom. The summed E-state index contributed by atoms with van der Waals surface area (Å²) in [4.78, 5) is 0. The minimum absolute atomic E-state index is 0.328. The lowest BCUT2D eigenvalue weighted by Gasteiger charge is -2.13. The van der Waals surface area contributed by atoms with Crippen molar-refractivity contribution in [2.75, 3.05) is 6.26 Å². The van der Waals surface area contributed by atoms with E-state index >= 15 is 0 Å². The lowest BCUT2D eigenvalue weighted by Crippen LogP contribution is -2.17. The van der Waals surface area contributed by atoms with Crippen molar-refractivity contribution in [3.8, 4) is 0 Å². The third-order valence-electron chi connectivity index (χ3n) is 3.16. The zero-order chi connectivity index (χ0) is 13.7. The second-order valence-corrected chi connectivity index (χ2v) is 5.68. The highest BCUT2D eigenvalue weighted by atomic mass is 32.2. The fourth-order valence-corrected chi connectivity index (χ4v) is 2.40. The molecule has 2 rings (SSSR count). The fraction of sp³-hybridized carbons (Fsp3) is 0.375. The molecule has 0 aliphatic rings. The summed E-state index contributed by atoms with van der Waals surface area (Å²) in [5.74, 6) is 2.99. The minimum Gasteiger partial charge on any atom is -0.464 e.